The molecule has 5 aromatic rings. The van der Waals surface area contributed by atoms with Gasteiger partial charge >= 0.3 is 0 Å². The summed E-state index contributed by atoms with van der Waals surface area (Å²) < 4.78 is 5.91. The number of carbonyl (C=O) groups excluding carboxylic acids is 2. The summed E-state index contributed by atoms with van der Waals surface area (Å²) in [6, 6.07) is 15.2. The van der Waals surface area contributed by atoms with Crippen LogP contribution in [-0.4, -0.2) is 48.2 Å². The molecule has 0 aliphatic rings. The Labute approximate surface area is 266 Å². The highest BCUT2D eigenvalue weighted by Gasteiger charge is 2.13. The Hall–Kier alpha value is -4.69. The molecule has 5 rings (SSSR count). The monoisotopic (exact) mass is 645 g/mol. The second-order valence-corrected chi connectivity index (χ2v) is 12.0. The Morgan fingerprint density at radius 3 is 1.82 bits per heavy atom. The quantitative estimate of drug-likeness (QED) is 0.100. The lowest BCUT2D eigenvalue weighted by atomic mass is 10.2. The number of H-pyrrole nitrogens is 2. The summed E-state index contributed by atoms with van der Waals surface area (Å²) in [5.74, 6) is 0.0651. The van der Waals surface area contributed by atoms with E-state index in [-0.39, 0.29) is 34.4 Å². The van der Waals surface area contributed by atoms with E-state index in [0.29, 0.717) is 68.5 Å². The van der Waals surface area contributed by atoms with Crippen LogP contribution < -0.4 is 21.8 Å². The molecule has 14 heteroatoms. The Balaban J connectivity index is 1.16. The van der Waals surface area contributed by atoms with Crippen LogP contribution in [0.5, 0.6) is 0 Å². The van der Waals surface area contributed by atoms with Crippen molar-refractivity contribution in [2.75, 3.05) is 22.1 Å². The lowest BCUT2D eigenvalue weighted by molar-refractivity contribution is -0.114. The maximum Gasteiger partial charge on any atom is 0.251 e. The summed E-state index contributed by atoms with van der Waals surface area (Å²) in [6.45, 7) is 4.02. The first-order chi connectivity index (χ1) is 21.8. The van der Waals surface area contributed by atoms with Gasteiger partial charge in [0.05, 0.1) is 11.5 Å². The van der Waals surface area contributed by atoms with Gasteiger partial charge in [-0.25, -0.2) is 15.0 Å². The molecule has 3 aromatic heterocycles. The van der Waals surface area contributed by atoms with Gasteiger partial charge in [-0.05, 0) is 55.3 Å². The number of aromatic nitrogens is 5. The predicted octanol–water partition coefficient (Wildman–Crippen LogP) is 5.03. The number of hydrogen-bond donors (Lipinski definition) is 4. The highest BCUT2D eigenvalue weighted by molar-refractivity contribution is 8.00. The third kappa shape index (κ3) is 8.92. The number of oxazole rings is 1. The van der Waals surface area contributed by atoms with E-state index in [2.05, 4.69) is 35.6 Å². The molecule has 2 aromatic carbocycles. The van der Waals surface area contributed by atoms with Gasteiger partial charge < -0.3 is 25.0 Å². The summed E-state index contributed by atoms with van der Waals surface area (Å²) in [7, 11) is 0. The topological polar surface area (TPSA) is 176 Å². The van der Waals surface area contributed by atoms with Crippen LogP contribution in [-0.2, 0) is 22.4 Å². The second kappa shape index (κ2) is 14.9. The Kier molecular flexibility index (Phi) is 10.5. The van der Waals surface area contributed by atoms with E-state index in [1.165, 1.54) is 23.9 Å². The zero-order valence-corrected chi connectivity index (χ0v) is 26.3. The van der Waals surface area contributed by atoms with E-state index in [4.69, 9.17) is 4.42 Å². The highest BCUT2D eigenvalue weighted by Crippen LogP contribution is 2.27. The average Bonchev–Trinajstić information content (AvgIpc) is 3.43. The maximum absolute atomic E-state index is 12.6. The fraction of sp³-hybridized carbons (Fsp3) is 0.258. The zero-order chi connectivity index (χ0) is 31.8. The third-order valence-corrected chi connectivity index (χ3v) is 8.07. The van der Waals surface area contributed by atoms with Crippen molar-refractivity contribution in [2.24, 2.45) is 0 Å². The van der Waals surface area contributed by atoms with E-state index in [1.807, 2.05) is 13.8 Å². The first kappa shape index (κ1) is 31.7. The molecule has 0 saturated carbocycles. The van der Waals surface area contributed by atoms with Crippen molar-refractivity contribution >= 4 is 57.8 Å². The van der Waals surface area contributed by atoms with Crippen LogP contribution in [0.4, 0.5) is 11.4 Å². The van der Waals surface area contributed by atoms with E-state index in [9.17, 15) is 19.2 Å². The number of aromatic amines is 2. The SMILES string of the molecule is CCCc1cc(=O)[nH]c(SCC(=O)Nc2ccc(-c3nc4cc(NC(=O)CSc5nc(CCC)cc(=O)[nH]5)ccc4o3)cc2)n1. The van der Waals surface area contributed by atoms with Gasteiger partial charge in [-0.2, -0.15) is 0 Å². The fourth-order valence-corrected chi connectivity index (χ4v) is 5.75. The molecule has 0 bridgehead atoms. The molecule has 232 valence electrons. The number of amides is 2. The number of fused-ring (bicyclic) bond motifs is 1. The van der Waals surface area contributed by atoms with Gasteiger partial charge in [0.15, 0.2) is 15.9 Å². The Morgan fingerprint density at radius 1 is 0.733 bits per heavy atom. The van der Waals surface area contributed by atoms with E-state index in [1.54, 1.807) is 42.5 Å². The minimum atomic E-state index is -0.253. The van der Waals surface area contributed by atoms with Crippen LogP contribution in [0.3, 0.4) is 0 Å². The van der Waals surface area contributed by atoms with Gasteiger partial charge in [0.25, 0.3) is 11.1 Å². The van der Waals surface area contributed by atoms with Gasteiger partial charge in [0.1, 0.15) is 5.52 Å². The number of nitrogens with one attached hydrogen (secondary N) is 4. The number of hydrogen-bond acceptors (Lipinski definition) is 10. The standard InChI is InChI=1S/C31H31N7O5S2/c1-3-5-20-14-25(39)37-30(34-20)44-16-27(41)32-19-9-7-18(8-10-19)29-36-23-13-22(11-12-24(23)43-29)33-28(42)17-45-31-35-21(6-4-2)15-26(40)38-31/h7-15H,3-6,16-17H2,1-2H3,(H,32,41)(H,33,42)(H,34,37,39)(H,35,38,40). The summed E-state index contributed by atoms with van der Waals surface area (Å²) in [5, 5.41) is 6.50. The minimum absolute atomic E-state index is 0.0742. The summed E-state index contributed by atoms with van der Waals surface area (Å²) in [6.07, 6.45) is 3.14. The molecule has 0 unspecified atom stereocenters. The number of benzene rings is 2. The van der Waals surface area contributed by atoms with Crippen molar-refractivity contribution in [3.05, 3.63) is 86.7 Å². The van der Waals surface area contributed by atoms with Crippen molar-refractivity contribution in [3.63, 3.8) is 0 Å². The summed E-state index contributed by atoms with van der Waals surface area (Å²) in [5.41, 5.74) is 3.92. The van der Waals surface area contributed by atoms with Crippen molar-refractivity contribution in [1.29, 1.82) is 0 Å². The number of nitrogens with zero attached hydrogens (tertiary/aromatic N) is 3. The highest BCUT2D eigenvalue weighted by atomic mass is 32.2. The molecule has 0 saturated heterocycles. The number of anilines is 2. The number of aryl methyl sites for hydroxylation is 2. The lowest BCUT2D eigenvalue weighted by Gasteiger charge is -2.06. The molecule has 0 spiro atoms. The van der Waals surface area contributed by atoms with Gasteiger partial charge in [-0.3, -0.25) is 19.2 Å². The molecule has 0 aliphatic carbocycles. The molecular weight excluding hydrogens is 615 g/mol. The largest absolute Gasteiger partial charge is 0.436 e. The third-order valence-electron chi connectivity index (χ3n) is 6.33. The van der Waals surface area contributed by atoms with Crippen molar-refractivity contribution in [3.8, 4) is 11.5 Å². The molecule has 0 atom stereocenters. The van der Waals surface area contributed by atoms with Gasteiger partial charge in [0, 0.05) is 40.5 Å². The summed E-state index contributed by atoms with van der Waals surface area (Å²) >= 11 is 2.33. The van der Waals surface area contributed by atoms with Crippen molar-refractivity contribution in [1.82, 2.24) is 24.9 Å². The molecule has 12 nitrogen and oxygen atoms in total. The molecule has 0 radical (unpaired) electrons. The zero-order valence-electron chi connectivity index (χ0n) is 24.6. The Morgan fingerprint density at radius 2 is 1.27 bits per heavy atom. The minimum Gasteiger partial charge on any atom is -0.436 e. The molecule has 4 N–H and O–H groups in total. The Bertz CT molecular complexity index is 1940. The average molecular weight is 646 g/mol. The van der Waals surface area contributed by atoms with E-state index in [0.717, 1.165) is 24.6 Å². The number of thioether (sulfide) groups is 2. The number of carbonyl (C=O) groups is 2. The molecule has 2 amide bonds. The first-order valence-electron chi connectivity index (χ1n) is 14.3. The molecule has 0 aliphatic heterocycles. The van der Waals surface area contributed by atoms with Crippen LogP contribution in [0, 0.1) is 0 Å². The van der Waals surface area contributed by atoms with Crippen LogP contribution in [0.15, 0.2) is 78.9 Å². The van der Waals surface area contributed by atoms with Gasteiger partial charge in [0.2, 0.25) is 17.7 Å². The van der Waals surface area contributed by atoms with Crippen LogP contribution in [0.25, 0.3) is 22.6 Å². The van der Waals surface area contributed by atoms with Gasteiger partial charge in [-0.15, -0.1) is 0 Å². The van der Waals surface area contributed by atoms with Crippen LogP contribution >= 0.6 is 23.5 Å². The normalized spacial score (nSPS) is 11.1. The van der Waals surface area contributed by atoms with Crippen molar-refractivity contribution < 1.29 is 14.0 Å². The lowest BCUT2D eigenvalue weighted by Crippen LogP contribution is -2.15. The second-order valence-electron chi connectivity index (χ2n) is 10.0. The predicted molar refractivity (Wildman–Crippen MR) is 176 cm³/mol. The molecule has 3 heterocycles. The summed E-state index contributed by atoms with van der Waals surface area (Å²) in [4.78, 5) is 67.4. The number of rotatable bonds is 13. The smallest absolute Gasteiger partial charge is 0.251 e. The molecule has 45 heavy (non-hydrogen) atoms. The fourth-order valence-electron chi connectivity index (χ4n) is 4.36. The van der Waals surface area contributed by atoms with Crippen LogP contribution in [0.2, 0.25) is 0 Å². The molecule has 0 fully saturated rings. The maximum atomic E-state index is 12.6. The van der Waals surface area contributed by atoms with E-state index >= 15 is 0 Å². The van der Waals surface area contributed by atoms with E-state index < -0.39 is 0 Å². The molecular formula is C31H31N7O5S2. The van der Waals surface area contributed by atoms with Gasteiger partial charge in [-0.1, -0.05) is 50.2 Å². The first-order valence-corrected chi connectivity index (χ1v) is 16.3. The van der Waals surface area contributed by atoms with Crippen molar-refractivity contribution in [2.45, 2.75) is 49.8 Å². The van der Waals surface area contributed by atoms with Crippen LogP contribution in [0.1, 0.15) is 38.1 Å².